The molecule has 1 rings (SSSR count). The summed E-state index contributed by atoms with van der Waals surface area (Å²) < 4.78 is 0. The first-order chi connectivity index (χ1) is 6.63. The number of hydrogen-bond acceptors (Lipinski definition) is 2. The summed E-state index contributed by atoms with van der Waals surface area (Å²) in [4.78, 5) is 12.9. The van der Waals surface area contributed by atoms with Gasteiger partial charge < -0.3 is 5.11 Å². The molecule has 0 aromatic rings. The largest absolute Gasteiger partial charge is 0.481 e. The maximum atomic E-state index is 10.7. The van der Waals surface area contributed by atoms with E-state index in [1.165, 1.54) is 0 Å². The van der Waals surface area contributed by atoms with Crippen LogP contribution in [-0.4, -0.2) is 35.6 Å². The molecule has 0 atom stereocenters. The van der Waals surface area contributed by atoms with Crippen molar-refractivity contribution in [3.8, 4) is 0 Å². The van der Waals surface area contributed by atoms with Gasteiger partial charge in [0.2, 0.25) is 0 Å². The number of carboxylic acid groups (broad SMARTS) is 1. The zero-order valence-corrected chi connectivity index (χ0v) is 9.13. The van der Waals surface area contributed by atoms with Crippen molar-refractivity contribution in [3.63, 3.8) is 0 Å². The number of carbonyl (C=O) groups is 1. The lowest BCUT2D eigenvalue weighted by atomic mass is 9.97. The van der Waals surface area contributed by atoms with Crippen LogP contribution in [0.1, 0.15) is 19.8 Å². The molecule has 0 unspecified atom stereocenters. The third kappa shape index (κ3) is 3.31. The fourth-order valence-electron chi connectivity index (χ4n) is 1.73. The molecule has 4 heteroatoms. The summed E-state index contributed by atoms with van der Waals surface area (Å²) in [6, 6.07) is 0. The average molecular weight is 218 g/mol. The molecule has 14 heavy (non-hydrogen) atoms. The summed E-state index contributed by atoms with van der Waals surface area (Å²) in [7, 11) is 0. The first kappa shape index (κ1) is 11.5. The van der Waals surface area contributed by atoms with Crippen molar-refractivity contribution < 1.29 is 9.90 Å². The highest BCUT2D eigenvalue weighted by Gasteiger charge is 2.23. The summed E-state index contributed by atoms with van der Waals surface area (Å²) in [5.41, 5.74) is 2.71. The minimum atomic E-state index is -0.658. The summed E-state index contributed by atoms with van der Waals surface area (Å²) in [6.45, 7) is 4.56. The zero-order chi connectivity index (χ0) is 10.6. The fourth-order valence-corrected chi connectivity index (χ4v) is 1.79. The van der Waals surface area contributed by atoms with Gasteiger partial charge in [-0.1, -0.05) is 11.6 Å². The monoisotopic (exact) mass is 217 g/mol. The number of hydrogen-bond donors (Lipinski definition) is 1. The van der Waals surface area contributed by atoms with Gasteiger partial charge >= 0.3 is 5.97 Å². The Morgan fingerprint density at radius 3 is 2.57 bits per heavy atom. The van der Waals surface area contributed by atoms with E-state index >= 15 is 0 Å². The molecule has 0 amide bonds. The summed E-state index contributed by atoms with van der Waals surface area (Å²) >= 11 is 5.57. The Morgan fingerprint density at radius 1 is 1.57 bits per heavy atom. The molecule has 0 radical (unpaired) electrons. The van der Waals surface area contributed by atoms with Gasteiger partial charge in [-0.2, -0.15) is 0 Å². The third-order valence-electron chi connectivity index (χ3n) is 2.60. The van der Waals surface area contributed by atoms with Crippen LogP contribution in [0.5, 0.6) is 0 Å². The van der Waals surface area contributed by atoms with Gasteiger partial charge in [0.25, 0.3) is 0 Å². The normalized spacial score (nSPS) is 21.1. The Kier molecular flexibility index (Phi) is 4.42. The van der Waals surface area contributed by atoms with E-state index in [9.17, 15) is 4.79 Å². The van der Waals surface area contributed by atoms with Crippen LogP contribution in [0.15, 0.2) is 11.1 Å². The number of rotatable bonds is 3. The van der Waals surface area contributed by atoms with Gasteiger partial charge in [0, 0.05) is 12.1 Å². The molecule has 1 aliphatic heterocycles. The number of nitrogens with zero attached hydrogens (tertiary/aromatic N) is 1. The van der Waals surface area contributed by atoms with E-state index in [4.69, 9.17) is 16.7 Å². The van der Waals surface area contributed by atoms with Crippen LogP contribution in [0.3, 0.4) is 0 Å². The Labute approximate surface area is 89.3 Å². The molecule has 0 aromatic carbocycles. The van der Waals surface area contributed by atoms with E-state index in [0.29, 0.717) is 0 Å². The van der Waals surface area contributed by atoms with E-state index < -0.39 is 5.97 Å². The highest BCUT2D eigenvalue weighted by molar-refractivity contribution is 6.25. The second-order valence-electron chi connectivity index (χ2n) is 3.84. The predicted molar refractivity (Wildman–Crippen MR) is 56.4 cm³/mol. The molecule has 1 saturated heterocycles. The van der Waals surface area contributed by atoms with Gasteiger partial charge in [0.1, 0.15) is 0 Å². The zero-order valence-electron chi connectivity index (χ0n) is 8.37. The number of halogens is 1. The molecule has 1 N–H and O–H groups in total. The van der Waals surface area contributed by atoms with Crippen LogP contribution in [0.25, 0.3) is 0 Å². The van der Waals surface area contributed by atoms with Crippen molar-refractivity contribution in [1.82, 2.24) is 4.90 Å². The molecule has 3 nitrogen and oxygen atoms in total. The maximum Gasteiger partial charge on any atom is 0.306 e. The van der Waals surface area contributed by atoms with Crippen LogP contribution in [0.4, 0.5) is 0 Å². The highest BCUT2D eigenvalue weighted by atomic mass is 35.5. The summed E-state index contributed by atoms with van der Waals surface area (Å²) in [5.74, 6) is -0.805. The highest BCUT2D eigenvalue weighted by Crippen LogP contribution is 2.17. The smallest absolute Gasteiger partial charge is 0.306 e. The molecule has 80 valence electrons. The van der Waals surface area contributed by atoms with Crippen LogP contribution < -0.4 is 0 Å². The van der Waals surface area contributed by atoms with Crippen molar-refractivity contribution in [2.24, 2.45) is 5.92 Å². The standard InChI is InChI=1S/C10H16ClNO2/c1-8(6-11)7-12-4-2-9(3-5-12)10(13)14/h6,9H,2-5,7H2,1H3,(H,13,14). The molecule has 0 aromatic heterocycles. The van der Waals surface area contributed by atoms with Crippen LogP contribution >= 0.6 is 11.6 Å². The number of aliphatic carboxylic acids is 1. The Bertz CT molecular complexity index is 232. The Hall–Kier alpha value is -0.540. The van der Waals surface area contributed by atoms with E-state index in [0.717, 1.165) is 38.0 Å². The molecule has 0 aliphatic carbocycles. The number of carboxylic acids is 1. The maximum absolute atomic E-state index is 10.7. The van der Waals surface area contributed by atoms with Crippen LogP contribution in [0.2, 0.25) is 0 Å². The lowest BCUT2D eigenvalue weighted by Gasteiger charge is -2.29. The van der Waals surface area contributed by atoms with Gasteiger partial charge in [-0.05, 0) is 38.4 Å². The minimum absolute atomic E-state index is 0.147. The number of piperidine rings is 1. The van der Waals surface area contributed by atoms with Crippen molar-refractivity contribution >= 4 is 17.6 Å². The molecule has 0 spiro atoms. The molecular weight excluding hydrogens is 202 g/mol. The van der Waals surface area contributed by atoms with Crippen molar-refractivity contribution in [2.45, 2.75) is 19.8 Å². The summed E-state index contributed by atoms with van der Waals surface area (Å²) in [5, 5.41) is 8.80. The molecule has 1 heterocycles. The quantitative estimate of drug-likeness (QED) is 0.786. The van der Waals surface area contributed by atoms with E-state index in [2.05, 4.69) is 4.90 Å². The minimum Gasteiger partial charge on any atom is -0.481 e. The fraction of sp³-hybridized carbons (Fsp3) is 0.700. The predicted octanol–water partition coefficient (Wildman–Crippen LogP) is 1.93. The van der Waals surface area contributed by atoms with Gasteiger partial charge in [-0.25, -0.2) is 0 Å². The van der Waals surface area contributed by atoms with E-state index in [1.54, 1.807) is 5.54 Å². The first-order valence-corrected chi connectivity index (χ1v) is 5.28. The van der Waals surface area contributed by atoms with Crippen LogP contribution in [0, 0.1) is 5.92 Å². The summed E-state index contributed by atoms with van der Waals surface area (Å²) in [6.07, 6.45) is 1.51. The molecule has 1 fully saturated rings. The van der Waals surface area contributed by atoms with E-state index in [-0.39, 0.29) is 5.92 Å². The van der Waals surface area contributed by atoms with Crippen LogP contribution in [-0.2, 0) is 4.79 Å². The van der Waals surface area contributed by atoms with E-state index in [1.807, 2.05) is 6.92 Å². The topological polar surface area (TPSA) is 40.5 Å². The average Bonchev–Trinajstić information content (AvgIpc) is 2.18. The van der Waals surface area contributed by atoms with Gasteiger partial charge in [0.05, 0.1) is 5.92 Å². The Balaban J connectivity index is 2.32. The SMILES string of the molecule is CC(=CCl)CN1CCC(C(=O)O)CC1. The third-order valence-corrected chi connectivity index (χ3v) is 2.97. The lowest BCUT2D eigenvalue weighted by Crippen LogP contribution is -2.37. The molecule has 1 aliphatic rings. The van der Waals surface area contributed by atoms with Gasteiger partial charge in [0.15, 0.2) is 0 Å². The van der Waals surface area contributed by atoms with Crippen molar-refractivity contribution in [3.05, 3.63) is 11.1 Å². The second kappa shape index (κ2) is 5.37. The van der Waals surface area contributed by atoms with Crippen molar-refractivity contribution in [1.29, 1.82) is 0 Å². The molecule has 0 saturated carbocycles. The first-order valence-electron chi connectivity index (χ1n) is 4.84. The molecule has 0 bridgehead atoms. The molecular formula is C10H16ClNO2. The van der Waals surface area contributed by atoms with Gasteiger partial charge in [-0.3, -0.25) is 9.69 Å². The second-order valence-corrected chi connectivity index (χ2v) is 4.06. The van der Waals surface area contributed by atoms with Gasteiger partial charge in [-0.15, -0.1) is 0 Å². The Morgan fingerprint density at radius 2 is 2.14 bits per heavy atom. The van der Waals surface area contributed by atoms with Crippen molar-refractivity contribution in [2.75, 3.05) is 19.6 Å². The number of likely N-dealkylation sites (tertiary alicyclic amines) is 1. The lowest BCUT2D eigenvalue weighted by molar-refractivity contribution is -0.143.